The molecule has 0 saturated carbocycles. The van der Waals surface area contributed by atoms with Crippen LogP contribution in [0.2, 0.25) is 0 Å². The Kier molecular flexibility index (Phi) is 5.65. The van der Waals surface area contributed by atoms with Crippen LogP contribution in [0.5, 0.6) is 5.75 Å². The molecule has 4 rings (SSSR count). The molecule has 0 bridgehead atoms. The Labute approximate surface area is 165 Å². The first kappa shape index (κ1) is 18.6. The molecule has 0 saturated heterocycles. The molecule has 2 aromatic carbocycles. The third-order valence-electron chi connectivity index (χ3n) is 5.50. The van der Waals surface area contributed by atoms with Crippen LogP contribution < -0.4 is 4.74 Å². The smallest absolute Gasteiger partial charge is 0.306 e. The van der Waals surface area contributed by atoms with Gasteiger partial charge in [-0.3, -0.25) is 4.79 Å². The maximum absolute atomic E-state index is 12.1. The Bertz CT molecular complexity index is 945. The molecule has 1 heterocycles. The average Bonchev–Trinajstić information content (AvgIpc) is 2.96. The summed E-state index contributed by atoms with van der Waals surface area (Å²) < 4.78 is 11.2. The van der Waals surface area contributed by atoms with Crippen molar-refractivity contribution in [2.45, 2.75) is 51.6 Å². The lowest BCUT2D eigenvalue weighted by Crippen LogP contribution is -2.10. The Morgan fingerprint density at radius 3 is 2.82 bits per heavy atom. The van der Waals surface area contributed by atoms with E-state index in [1.54, 1.807) is 0 Å². The number of aromatic nitrogens is 1. The second-order valence-electron chi connectivity index (χ2n) is 7.45. The summed E-state index contributed by atoms with van der Waals surface area (Å²) in [4.78, 5) is 15.7. The monoisotopic (exact) mass is 377 g/mol. The van der Waals surface area contributed by atoms with Crippen molar-refractivity contribution in [2.24, 2.45) is 0 Å². The van der Waals surface area contributed by atoms with Crippen LogP contribution in [0.4, 0.5) is 0 Å². The topological polar surface area (TPSA) is 51.3 Å². The third-order valence-corrected chi connectivity index (χ3v) is 5.50. The maximum atomic E-state index is 12.1. The number of aromatic amines is 1. The molecule has 1 aliphatic rings. The summed E-state index contributed by atoms with van der Waals surface area (Å²) in [5.41, 5.74) is 4.81. The third kappa shape index (κ3) is 4.06. The Hall–Kier alpha value is -2.75. The molecule has 4 heteroatoms. The van der Waals surface area contributed by atoms with Crippen LogP contribution in [0.1, 0.15) is 55.3 Å². The zero-order chi connectivity index (χ0) is 19.3. The molecule has 0 fully saturated rings. The van der Waals surface area contributed by atoms with Crippen molar-refractivity contribution >= 4 is 16.9 Å². The van der Waals surface area contributed by atoms with E-state index >= 15 is 0 Å². The van der Waals surface area contributed by atoms with Crippen LogP contribution in [0, 0.1) is 0 Å². The number of hydrogen-bond donors (Lipinski definition) is 1. The number of fused-ring (bicyclic) bond motifs is 3. The highest BCUT2D eigenvalue weighted by molar-refractivity contribution is 5.87. The van der Waals surface area contributed by atoms with E-state index in [-0.39, 0.29) is 11.9 Å². The molecule has 1 atom stereocenters. The Morgan fingerprint density at radius 1 is 1.14 bits per heavy atom. The number of aryl methyl sites for hydroxylation is 1. The molecule has 0 radical (unpaired) electrons. The molecule has 146 valence electrons. The van der Waals surface area contributed by atoms with E-state index in [0.29, 0.717) is 19.6 Å². The molecule has 1 unspecified atom stereocenters. The molecule has 0 spiro atoms. The van der Waals surface area contributed by atoms with E-state index in [4.69, 9.17) is 9.47 Å². The summed E-state index contributed by atoms with van der Waals surface area (Å²) in [7, 11) is 0. The normalized spacial score (nSPS) is 16.4. The molecule has 1 aliphatic carbocycles. The van der Waals surface area contributed by atoms with Crippen molar-refractivity contribution in [1.29, 1.82) is 0 Å². The molecule has 3 aromatic rings. The van der Waals surface area contributed by atoms with E-state index in [9.17, 15) is 4.79 Å². The van der Waals surface area contributed by atoms with E-state index in [2.05, 4.69) is 29.2 Å². The minimum Gasteiger partial charge on any atom is -0.489 e. The summed E-state index contributed by atoms with van der Waals surface area (Å²) >= 11 is 0. The van der Waals surface area contributed by atoms with Gasteiger partial charge in [-0.2, -0.15) is 0 Å². The fraction of sp³-hybridized carbons (Fsp3) is 0.375. The highest BCUT2D eigenvalue weighted by Crippen LogP contribution is 2.39. The van der Waals surface area contributed by atoms with Crippen molar-refractivity contribution < 1.29 is 14.3 Å². The van der Waals surface area contributed by atoms with E-state index in [1.807, 2.05) is 31.2 Å². The maximum Gasteiger partial charge on any atom is 0.306 e. The van der Waals surface area contributed by atoms with Crippen LogP contribution in [0.25, 0.3) is 10.9 Å². The molecule has 0 amide bonds. The minimum atomic E-state index is -0.0995. The largest absolute Gasteiger partial charge is 0.489 e. The second-order valence-corrected chi connectivity index (χ2v) is 7.45. The van der Waals surface area contributed by atoms with Gasteiger partial charge in [0.1, 0.15) is 12.4 Å². The van der Waals surface area contributed by atoms with Gasteiger partial charge in [0.15, 0.2) is 0 Å². The van der Waals surface area contributed by atoms with Crippen molar-refractivity contribution in [3.8, 4) is 5.75 Å². The van der Waals surface area contributed by atoms with E-state index in [1.165, 1.54) is 16.6 Å². The quantitative estimate of drug-likeness (QED) is 0.455. The lowest BCUT2D eigenvalue weighted by Gasteiger charge is -2.15. The predicted molar refractivity (Wildman–Crippen MR) is 111 cm³/mol. The molecule has 1 N–H and O–H groups in total. The summed E-state index contributed by atoms with van der Waals surface area (Å²) in [5, 5.41) is 1.21. The van der Waals surface area contributed by atoms with Crippen molar-refractivity contribution in [2.75, 3.05) is 6.61 Å². The van der Waals surface area contributed by atoms with Gasteiger partial charge in [0.05, 0.1) is 13.0 Å². The number of carbonyl (C=O) groups is 1. The van der Waals surface area contributed by atoms with Crippen molar-refractivity contribution in [3.63, 3.8) is 0 Å². The first-order valence-corrected chi connectivity index (χ1v) is 10.2. The highest BCUT2D eigenvalue weighted by atomic mass is 16.5. The zero-order valence-electron chi connectivity index (χ0n) is 16.4. The SMILES string of the molecule is CCOC(=O)CC1CCCCc2[nH]c3cc(OCc4ccccc4)ccc3c21. The molecule has 4 nitrogen and oxygen atoms in total. The van der Waals surface area contributed by atoms with Gasteiger partial charge in [-0.15, -0.1) is 0 Å². The number of carbonyl (C=O) groups excluding carboxylic acids is 1. The number of nitrogens with one attached hydrogen (secondary N) is 1. The predicted octanol–water partition coefficient (Wildman–Crippen LogP) is 5.51. The lowest BCUT2D eigenvalue weighted by atomic mass is 9.90. The van der Waals surface area contributed by atoms with Crippen LogP contribution in [-0.2, 0) is 22.6 Å². The summed E-state index contributed by atoms with van der Waals surface area (Å²) in [6, 6.07) is 16.4. The van der Waals surface area contributed by atoms with Gasteiger partial charge in [0.25, 0.3) is 0 Å². The number of ether oxygens (including phenoxy) is 2. The lowest BCUT2D eigenvalue weighted by molar-refractivity contribution is -0.143. The van der Waals surface area contributed by atoms with Crippen molar-refractivity contribution in [1.82, 2.24) is 4.98 Å². The first-order chi connectivity index (χ1) is 13.7. The number of esters is 1. The second kappa shape index (κ2) is 8.51. The van der Waals surface area contributed by atoms with E-state index in [0.717, 1.165) is 42.5 Å². The minimum absolute atomic E-state index is 0.0995. The molecular weight excluding hydrogens is 350 g/mol. The molecule has 0 aliphatic heterocycles. The Morgan fingerprint density at radius 2 is 2.00 bits per heavy atom. The zero-order valence-corrected chi connectivity index (χ0v) is 16.4. The first-order valence-electron chi connectivity index (χ1n) is 10.2. The average molecular weight is 377 g/mol. The number of benzene rings is 2. The van der Waals surface area contributed by atoms with E-state index < -0.39 is 0 Å². The van der Waals surface area contributed by atoms with Gasteiger partial charge in [-0.25, -0.2) is 0 Å². The van der Waals surface area contributed by atoms with Crippen LogP contribution >= 0.6 is 0 Å². The molecule has 1 aromatic heterocycles. The standard InChI is InChI=1S/C24H27NO3/c1-2-27-23(26)14-18-10-6-7-11-21-24(18)20-13-12-19(15-22(20)25-21)28-16-17-8-4-3-5-9-17/h3-5,8-9,12-13,15,18,25H,2,6-7,10-11,14,16H2,1H3. The number of H-pyrrole nitrogens is 1. The molecular formula is C24H27NO3. The fourth-order valence-electron chi connectivity index (χ4n) is 4.21. The number of rotatable bonds is 6. The van der Waals surface area contributed by atoms with Gasteiger partial charge in [0, 0.05) is 22.7 Å². The Balaban J connectivity index is 1.58. The van der Waals surface area contributed by atoms with Crippen LogP contribution in [0.15, 0.2) is 48.5 Å². The summed E-state index contributed by atoms with van der Waals surface area (Å²) in [6.07, 6.45) is 4.82. The number of hydrogen-bond acceptors (Lipinski definition) is 3. The van der Waals surface area contributed by atoms with Crippen molar-refractivity contribution in [3.05, 3.63) is 65.4 Å². The highest BCUT2D eigenvalue weighted by Gasteiger charge is 2.26. The van der Waals surface area contributed by atoms with Gasteiger partial charge in [-0.05, 0) is 55.4 Å². The molecule has 28 heavy (non-hydrogen) atoms. The van der Waals surface area contributed by atoms with Gasteiger partial charge in [0.2, 0.25) is 0 Å². The fourth-order valence-corrected chi connectivity index (χ4v) is 4.21. The summed E-state index contributed by atoms with van der Waals surface area (Å²) in [5.74, 6) is 0.980. The van der Waals surface area contributed by atoms with Gasteiger partial charge < -0.3 is 14.5 Å². The van der Waals surface area contributed by atoms with Crippen LogP contribution in [0.3, 0.4) is 0 Å². The van der Waals surface area contributed by atoms with Crippen LogP contribution in [-0.4, -0.2) is 17.6 Å². The summed E-state index contributed by atoms with van der Waals surface area (Å²) in [6.45, 7) is 2.85. The van der Waals surface area contributed by atoms with Gasteiger partial charge in [-0.1, -0.05) is 36.8 Å². The van der Waals surface area contributed by atoms with Gasteiger partial charge >= 0.3 is 5.97 Å².